The van der Waals surface area contributed by atoms with Crippen LogP contribution < -0.4 is 10.9 Å². The van der Waals surface area contributed by atoms with Crippen molar-refractivity contribution in [3.05, 3.63) is 46.5 Å². The van der Waals surface area contributed by atoms with E-state index in [-0.39, 0.29) is 11.3 Å². The van der Waals surface area contributed by atoms with Crippen LogP contribution in [-0.4, -0.2) is 14.7 Å². The summed E-state index contributed by atoms with van der Waals surface area (Å²) >= 11 is 0. The van der Waals surface area contributed by atoms with Crippen molar-refractivity contribution in [2.24, 2.45) is 0 Å². The van der Waals surface area contributed by atoms with Crippen LogP contribution in [-0.2, 0) is 13.0 Å². The maximum absolute atomic E-state index is 12.0. The highest BCUT2D eigenvalue weighted by Gasteiger charge is 2.13. The zero-order chi connectivity index (χ0) is 13.2. The van der Waals surface area contributed by atoms with Gasteiger partial charge in [-0.15, -0.1) is 0 Å². The highest BCUT2D eigenvalue weighted by molar-refractivity contribution is 5.63. The summed E-state index contributed by atoms with van der Waals surface area (Å²) in [5, 5.41) is 12.7. The summed E-state index contributed by atoms with van der Waals surface area (Å²) in [7, 11) is 0. The number of anilines is 2. The van der Waals surface area contributed by atoms with E-state index in [1.54, 1.807) is 22.8 Å². The molecule has 0 saturated heterocycles. The predicted molar refractivity (Wildman–Crippen MR) is 72.8 cm³/mol. The first kappa shape index (κ1) is 11.8. The van der Waals surface area contributed by atoms with Crippen LogP contribution in [0, 0.1) is 0 Å². The third-order valence-electron chi connectivity index (χ3n) is 3.29. The second-order valence-electron chi connectivity index (χ2n) is 4.65. The predicted octanol–water partition coefficient (Wildman–Crippen LogP) is 2.03. The van der Waals surface area contributed by atoms with Gasteiger partial charge < -0.3 is 10.4 Å². The number of rotatable bonds is 2. The molecule has 1 aromatic carbocycles. The molecular formula is C14H15N3O2. The third-order valence-corrected chi connectivity index (χ3v) is 3.29. The summed E-state index contributed by atoms with van der Waals surface area (Å²) in [5.74, 6) is 1.44. The Bertz CT molecular complexity index is 664. The molecule has 5 heteroatoms. The minimum Gasteiger partial charge on any atom is -0.506 e. The fraction of sp³-hybridized carbons (Fsp3) is 0.286. The summed E-state index contributed by atoms with van der Waals surface area (Å²) < 4.78 is 1.72. The number of para-hydroxylation sites is 2. The molecular weight excluding hydrogens is 242 g/mol. The smallest absolute Gasteiger partial charge is 0.255 e. The Hall–Kier alpha value is -2.30. The molecule has 0 fully saturated rings. The average Bonchev–Trinajstić information content (AvgIpc) is 2.42. The number of hydrogen-bond acceptors (Lipinski definition) is 4. The van der Waals surface area contributed by atoms with E-state index in [2.05, 4.69) is 10.3 Å². The maximum Gasteiger partial charge on any atom is 0.255 e. The average molecular weight is 257 g/mol. The number of hydrogen-bond donors (Lipinski definition) is 2. The first-order valence-electron chi connectivity index (χ1n) is 6.40. The number of aromatic hydroxyl groups is 1. The molecule has 98 valence electrons. The summed E-state index contributed by atoms with van der Waals surface area (Å²) in [5.41, 5.74) is 0.512. The van der Waals surface area contributed by atoms with Crippen molar-refractivity contribution in [3.63, 3.8) is 0 Å². The number of benzene rings is 1. The van der Waals surface area contributed by atoms with Gasteiger partial charge in [-0.05, 0) is 25.0 Å². The van der Waals surface area contributed by atoms with Crippen molar-refractivity contribution >= 4 is 11.5 Å². The quantitative estimate of drug-likeness (QED) is 0.808. The minimum absolute atomic E-state index is 0.0392. The largest absolute Gasteiger partial charge is 0.506 e. The van der Waals surface area contributed by atoms with Gasteiger partial charge in [-0.1, -0.05) is 12.1 Å². The van der Waals surface area contributed by atoms with Crippen LogP contribution in [0.3, 0.4) is 0 Å². The Balaban J connectivity index is 1.96. The van der Waals surface area contributed by atoms with Crippen molar-refractivity contribution in [1.82, 2.24) is 9.55 Å². The van der Waals surface area contributed by atoms with Crippen molar-refractivity contribution in [1.29, 1.82) is 0 Å². The van der Waals surface area contributed by atoms with Crippen molar-refractivity contribution in [2.45, 2.75) is 25.8 Å². The number of aryl methyl sites for hydroxylation is 1. The van der Waals surface area contributed by atoms with Crippen molar-refractivity contribution in [2.75, 3.05) is 5.32 Å². The SMILES string of the molecule is O=c1cc(Nc2ccccc2O)nc2n1CCCC2. The molecule has 2 N–H and O–H groups in total. The van der Waals surface area contributed by atoms with Crippen LogP contribution >= 0.6 is 0 Å². The van der Waals surface area contributed by atoms with Gasteiger partial charge >= 0.3 is 0 Å². The van der Waals surface area contributed by atoms with E-state index in [4.69, 9.17) is 0 Å². The van der Waals surface area contributed by atoms with Crippen LogP contribution in [0.5, 0.6) is 5.75 Å². The zero-order valence-electron chi connectivity index (χ0n) is 10.5. The van der Waals surface area contributed by atoms with Gasteiger partial charge in [0.15, 0.2) is 0 Å². The van der Waals surface area contributed by atoms with Gasteiger partial charge in [0.2, 0.25) is 0 Å². The number of phenolic OH excluding ortho intramolecular Hbond substituents is 1. The van der Waals surface area contributed by atoms with Gasteiger partial charge in [0.1, 0.15) is 17.4 Å². The van der Waals surface area contributed by atoms with Gasteiger partial charge in [0.25, 0.3) is 5.56 Å². The molecule has 0 saturated carbocycles. The first-order chi connectivity index (χ1) is 9.24. The monoisotopic (exact) mass is 257 g/mol. The topological polar surface area (TPSA) is 67.2 Å². The summed E-state index contributed by atoms with van der Waals surface area (Å²) in [6.45, 7) is 0.748. The van der Waals surface area contributed by atoms with E-state index < -0.39 is 0 Å². The molecule has 1 aliphatic heterocycles. The maximum atomic E-state index is 12.0. The van der Waals surface area contributed by atoms with Crippen LogP contribution in [0.1, 0.15) is 18.7 Å². The Morgan fingerprint density at radius 1 is 1.26 bits per heavy atom. The third kappa shape index (κ3) is 2.31. The normalized spacial score (nSPS) is 13.9. The molecule has 5 nitrogen and oxygen atoms in total. The van der Waals surface area contributed by atoms with Gasteiger partial charge in [-0.2, -0.15) is 0 Å². The summed E-state index contributed by atoms with van der Waals surface area (Å²) in [4.78, 5) is 16.4. The molecule has 1 aliphatic rings. The number of fused-ring (bicyclic) bond motifs is 1. The number of aromatic nitrogens is 2. The molecule has 2 heterocycles. The fourth-order valence-corrected chi connectivity index (χ4v) is 2.32. The fourth-order valence-electron chi connectivity index (χ4n) is 2.32. The Labute approximate surface area is 110 Å². The molecule has 0 spiro atoms. The standard InChI is InChI=1S/C14H15N3O2/c18-11-6-2-1-5-10(11)15-12-9-14(19)17-8-4-3-7-13(17)16-12/h1-2,5-6,9,15,18H,3-4,7-8H2. The van der Waals surface area contributed by atoms with E-state index in [0.29, 0.717) is 11.5 Å². The lowest BCUT2D eigenvalue weighted by molar-refractivity contribution is 0.477. The van der Waals surface area contributed by atoms with Crippen LogP contribution in [0.15, 0.2) is 35.1 Å². The second kappa shape index (κ2) is 4.76. The molecule has 19 heavy (non-hydrogen) atoms. The number of phenols is 1. The van der Waals surface area contributed by atoms with E-state index in [1.165, 1.54) is 6.07 Å². The van der Waals surface area contributed by atoms with Gasteiger partial charge in [-0.25, -0.2) is 4.98 Å². The van der Waals surface area contributed by atoms with E-state index in [1.807, 2.05) is 6.07 Å². The zero-order valence-corrected chi connectivity index (χ0v) is 10.5. The lowest BCUT2D eigenvalue weighted by Crippen LogP contribution is -2.28. The van der Waals surface area contributed by atoms with Crippen LogP contribution in [0.4, 0.5) is 11.5 Å². The minimum atomic E-state index is -0.0392. The number of nitrogens with one attached hydrogen (secondary N) is 1. The molecule has 0 bridgehead atoms. The van der Waals surface area contributed by atoms with Gasteiger partial charge in [-0.3, -0.25) is 9.36 Å². The molecule has 0 radical (unpaired) electrons. The lowest BCUT2D eigenvalue weighted by Gasteiger charge is -2.18. The van der Waals surface area contributed by atoms with Gasteiger partial charge in [0, 0.05) is 19.0 Å². The molecule has 0 atom stereocenters. The summed E-state index contributed by atoms with van der Waals surface area (Å²) in [6.07, 6.45) is 2.92. The van der Waals surface area contributed by atoms with Gasteiger partial charge in [0.05, 0.1) is 5.69 Å². The lowest BCUT2D eigenvalue weighted by atomic mass is 10.1. The molecule has 3 rings (SSSR count). The second-order valence-corrected chi connectivity index (χ2v) is 4.65. The molecule has 2 aromatic rings. The molecule has 0 unspecified atom stereocenters. The van der Waals surface area contributed by atoms with Crippen LogP contribution in [0.2, 0.25) is 0 Å². The Morgan fingerprint density at radius 3 is 2.95 bits per heavy atom. The Morgan fingerprint density at radius 2 is 2.11 bits per heavy atom. The molecule has 1 aromatic heterocycles. The molecule has 0 aliphatic carbocycles. The van der Waals surface area contributed by atoms with E-state index >= 15 is 0 Å². The highest BCUT2D eigenvalue weighted by Crippen LogP contribution is 2.24. The van der Waals surface area contributed by atoms with E-state index in [0.717, 1.165) is 31.6 Å². The first-order valence-corrected chi connectivity index (χ1v) is 6.40. The Kier molecular flexibility index (Phi) is 2.95. The van der Waals surface area contributed by atoms with Crippen molar-refractivity contribution in [3.8, 4) is 5.75 Å². The van der Waals surface area contributed by atoms with Crippen molar-refractivity contribution < 1.29 is 5.11 Å². The highest BCUT2D eigenvalue weighted by atomic mass is 16.3. The number of nitrogens with zero attached hydrogens (tertiary/aromatic N) is 2. The van der Waals surface area contributed by atoms with Crippen LogP contribution in [0.25, 0.3) is 0 Å². The van der Waals surface area contributed by atoms with E-state index in [9.17, 15) is 9.90 Å². The summed E-state index contributed by atoms with van der Waals surface area (Å²) in [6, 6.07) is 8.37. The molecule has 0 amide bonds.